The number of nitriles is 2. The van der Waals surface area contributed by atoms with Crippen molar-refractivity contribution in [1.82, 2.24) is 4.98 Å². The maximum Gasteiger partial charge on any atom is 0.256 e. The monoisotopic (exact) mass is 471 g/mol. The summed E-state index contributed by atoms with van der Waals surface area (Å²) in [6, 6.07) is 20.6. The van der Waals surface area contributed by atoms with Crippen molar-refractivity contribution >= 4 is 43.8 Å². The Morgan fingerprint density at radius 3 is 2.52 bits per heavy atom. The van der Waals surface area contributed by atoms with Gasteiger partial charge in [0.05, 0.1) is 21.7 Å². The van der Waals surface area contributed by atoms with Gasteiger partial charge in [-0.25, -0.2) is 0 Å². The van der Waals surface area contributed by atoms with E-state index in [2.05, 4.69) is 22.4 Å². The van der Waals surface area contributed by atoms with Crippen molar-refractivity contribution in [1.29, 1.82) is 10.5 Å². The number of pyridine rings is 1. The number of ether oxygens (including phenoxy) is 1. The van der Waals surface area contributed by atoms with Crippen LogP contribution in [-0.4, -0.2) is 4.98 Å². The molecule has 4 N–H and O–H groups in total. The molecular weight excluding hydrogens is 458 g/mol. The van der Waals surface area contributed by atoms with E-state index in [1.165, 1.54) is 11.3 Å². The second kappa shape index (κ2) is 8.03. The van der Waals surface area contributed by atoms with E-state index in [0.717, 1.165) is 5.69 Å². The van der Waals surface area contributed by atoms with Crippen molar-refractivity contribution in [3.8, 4) is 17.9 Å². The molecule has 0 fully saturated rings. The smallest absolute Gasteiger partial charge is 0.256 e. The molecule has 1 aliphatic rings. The first-order chi connectivity index (χ1) is 16.0. The largest absolute Gasteiger partial charge is 0.438 e. The Hall–Kier alpha value is -4.24. The zero-order valence-electron chi connectivity index (χ0n) is 16.8. The summed E-state index contributed by atoms with van der Waals surface area (Å²) >= 11 is 7.69. The normalized spacial score (nSPS) is 14.8. The topological polar surface area (TPSA) is 128 Å². The predicted octanol–water partition coefficient (Wildman–Crippen LogP) is 5.08. The Kier molecular flexibility index (Phi) is 5.02. The molecule has 160 valence electrons. The van der Waals surface area contributed by atoms with Crippen molar-refractivity contribution in [2.45, 2.75) is 5.92 Å². The Balaban J connectivity index is 1.79. The number of nitrogens with zero attached hydrogens (tertiary/aromatic N) is 2. The number of para-hydroxylation sites is 1. The van der Waals surface area contributed by atoms with Gasteiger partial charge in [0, 0.05) is 10.7 Å². The quantitative estimate of drug-likeness (QED) is 0.382. The predicted molar refractivity (Wildman–Crippen MR) is 128 cm³/mol. The maximum absolute atomic E-state index is 13.3. The number of nitrogens with one attached hydrogen (secondary N) is 2. The van der Waals surface area contributed by atoms with Crippen LogP contribution in [0.3, 0.4) is 0 Å². The van der Waals surface area contributed by atoms with Crippen LogP contribution >= 0.6 is 22.9 Å². The number of allylic oxidation sites excluding steroid dienone is 1. The molecule has 0 saturated carbocycles. The molecule has 0 bridgehead atoms. The summed E-state index contributed by atoms with van der Waals surface area (Å²) in [6.45, 7) is 0. The number of aromatic nitrogens is 1. The molecule has 0 amide bonds. The van der Waals surface area contributed by atoms with Crippen LogP contribution < -0.4 is 21.3 Å². The second-order valence-corrected chi connectivity index (χ2v) is 8.68. The number of aromatic amines is 1. The minimum absolute atomic E-state index is 0.0974. The van der Waals surface area contributed by atoms with Gasteiger partial charge in [-0.15, -0.1) is 11.3 Å². The average Bonchev–Trinajstić information content (AvgIpc) is 3.16. The highest BCUT2D eigenvalue weighted by Gasteiger charge is 2.36. The zero-order chi connectivity index (χ0) is 23.1. The minimum atomic E-state index is -0.807. The summed E-state index contributed by atoms with van der Waals surface area (Å²) in [5.74, 6) is -0.692. The van der Waals surface area contributed by atoms with E-state index in [-0.39, 0.29) is 28.3 Å². The molecule has 4 aromatic rings. The van der Waals surface area contributed by atoms with Gasteiger partial charge < -0.3 is 20.8 Å². The highest BCUT2D eigenvalue weighted by atomic mass is 35.5. The fourth-order valence-corrected chi connectivity index (χ4v) is 5.29. The molecule has 0 aliphatic carbocycles. The van der Waals surface area contributed by atoms with E-state index in [1.807, 2.05) is 30.3 Å². The molecule has 0 saturated heterocycles. The van der Waals surface area contributed by atoms with Crippen molar-refractivity contribution in [2.24, 2.45) is 5.73 Å². The molecule has 7 nitrogen and oxygen atoms in total. The SMILES string of the molecule is N#CC1=C(N)Oc2c(c(=O)[nH]c3c(C#N)c(Nc4ccccc4)sc23)C1c1ccccc1Cl. The molecule has 0 radical (unpaired) electrons. The standard InChI is InChI=1S/C24H14ClN5O2S/c25-16-9-5-4-8-13(16)17-14(10-26)22(28)32-20-18(17)23(31)30-19-15(11-27)24(33-21(19)20)29-12-6-2-1-3-7-12/h1-9,17,29H,28H2,(H,30,31). The molecule has 33 heavy (non-hydrogen) atoms. The van der Waals surface area contributed by atoms with Gasteiger partial charge in [0.15, 0.2) is 5.75 Å². The third-order valence-corrected chi connectivity index (χ3v) is 6.83. The van der Waals surface area contributed by atoms with Crippen LogP contribution in [0.4, 0.5) is 10.7 Å². The van der Waals surface area contributed by atoms with Crippen LogP contribution in [0.15, 0.2) is 70.8 Å². The highest BCUT2D eigenvalue weighted by Crippen LogP contribution is 2.48. The van der Waals surface area contributed by atoms with Crippen molar-refractivity contribution in [3.63, 3.8) is 0 Å². The van der Waals surface area contributed by atoms with Gasteiger partial charge >= 0.3 is 0 Å². The van der Waals surface area contributed by atoms with Gasteiger partial charge in [-0.1, -0.05) is 48.0 Å². The van der Waals surface area contributed by atoms with Crippen LogP contribution in [0.25, 0.3) is 10.2 Å². The zero-order valence-corrected chi connectivity index (χ0v) is 18.4. The maximum atomic E-state index is 13.3. The number of hydrogen-bond donors (Lipinski definition) is 3. The average molecular weight is 472 g/mol. The van der Waals surface area contributed by atoms with E-state index in [0.29, 0.717) is 25.8 Å². The lowest BCUT2D eigenvalue weighted by Crippen LogP contribution is -2.27. The summed E-state index contributed by atoms with van der Waals surface area (Å²) in [5, 5.41) is 23.8. The molecule has 2 aromatic carbocycles. The van der Waals surface area contributed by atoms with Gasteiger partial charge in [0.25, 0.3) is 5.56 Å². The number of benzene rings is 2. The summed E-state index contributed by atoms with van der Waals surface area (Å²) in [5.41, 5.74) is 7.94. The van der Waals surface area contributed by atoms with Gasteiger partial charge in [-0.2, -0.15) is 10.5 Å². The summed E-state index contributed by atoms with van der Waals surface area (Å²) < 4.78 is 6.37. The first-order valence-electron chi connectivity index (χ1n) is 9.80. The van der Waals surface area contributed by atoms with Crippen molar-refractivity contribution < 1.29 is 4.74 Å². The van der Waals surface area contributed by atoms with E-state index in [4.69, 9.17) is 22.1 Å². The number of nitrogens with two attached hydrogens (primary N) is 1. The van der Waals surface area contributed by atoms with Gasteiger partial charge in [-0.05, 0) is 23.8 Å². The molecule has 1 unspecified atom stereocenters. The molecule has 9 heteroatoms. The highest BCUT2D eigenvalue weighted by molar-refractivity contribution is 7.23. The fraction of sp³-hybridized carbons (Fsp3) is 0.0417. The van der Waals surface area contributed by atoms with Crippen LogP contribution in [0, 0.1) is 22.7 Å². The first kappa shape index (κ1) is 20.7. The minimum Gasteiger partial charge on any atom is -0.438 e. The molecule has 5 rings (SSSR count). The van der Waals surface area contributed by atoms with Gasteiger partial charge in [0.2, 0.25) is 5.88 Å². The van der Waals surface area contributed by atoms with E-state index >= 15 is 0 Å². The summed E-state index contributed by atoms with van der Waals surface area (Å²) in [4.78, 5) is 16.1. The fourth-order valence-electron chi connectivity index (χ4n) is 3.92. The molecule has 3 heterocycles. The number of anilines is 2. The Morgan fingerprint density at radius 2 is 1.82 bits per heavy atom. The van der Waals surface area contributed by atoms with Crippen LogP contribution in [-0.2, 0) is 0 Å². The third kappa shape index (κ3) is 3.30. The molecule has 2 aromatic heterocycles. The lowest BCUT2D eigenvalue weighted by Gasteiger charge is -2.26. The number of rotatable bonds is 3. The number of thiophene rings is 1. The second-order valence-electron chi connectivity index (χ2n) is 7.26. The van der Waals surface area contributed by atoms with Crippen LogP contribution in [0.5, 0.6) is 5.75 Å². The Bertz CT molecular complexity index is 1590. The number of hydrogen-bond acceptors (Lipinski definition) is 7. The molecule has 1 aliphatic heterocycles. The van der Waals surface area contributed by atoms with E-state index in [1.54, 1.807) is 24.3 Å². The number of fused-ring (bicyclic) bond motifs is 3. The van der Waals surface area contributed by atoms with E-state index < -0.39 is 11.5 Å². The lowest BCUT2D eigenvalue weighted by atomic mass is 9.84. The summed E-state index contributed by atoms with van der Waals surface area (Å²) in [6.07, 6.45) is 0. The molecule has 1 atom stereocenters. The number of halogens is 1. The van der Waals surface area contributed by atoms with E-state index in [9.17, 15) is 15.3 Å². The van der Waals surface area contributed by atoms with Gasteiger partial charge in [-0.3, -0.25) is 4.79 Å². The van der Waals surface area contributed by atoms with Gasteiger partial charge in [0.1, 0.15) is 28.3 Å². The van der Waals surface area contributed by atoms with Crippen LogP contribution in [0.1, 0.15) is 22.6 Å². The third-order valence-electron chi connectivity index (χ3n) is 5.38. The Labute approximate surface area is 196 Å². The number of H-pyrrole nitrogens is 1. The lowest BCUT2D eigenvalue weighted by molar-refractivity contribution is 0.397. The molecular formula is C24H14ClN5O2S. The first-order valence-corrected chi connectivity index (χ1v) is 11.0. The van der Waals surface area contributed by atoms with Crippen molar-refractivity contribution in [2.75, 3.05) is 5.32 Å². The van der Waals surface area contributed by atoms with Crippen molar-refractivity contribution in [3.05, 3.63) is 98.1 Å². The Morgan fingerprint density at radius 1 is 1.09 bits per heavy atom. The van der Waals surface area contributed by atoms with Crippen LogP contribution in [0.2, 0.25) is 5.02 Å². The summed E-state index contributed by atoms with van der Waals surface area (Å²) in [7, 11) is 0. The molecule has 0 spiro atoms.